The highest BCUT2D eigenvalue weighted by atomic mass is 32.2. The number of alkyl carbamates (subject to hydrolysis) is 1. The van der Waals surface area contributed by atoms with E-state index in [-0.39, 0.29) is 17.9 Å². The number of aryl methyl sites for hydroxylation is 1. The summed E-state index contributed by atoms with van der Waals surface area (Å²) >= 11 is -0.638. The summed E-state index contributed by atoms with van der Waals surface area (Å²) in [5, 5.41) is 8.66. The molecule has 11 heteroatoms. The van der Waals surface area contributed by atoms with E-state index in [2.05, 4.69) is 15.4 Å². The Morgan fingerprint density at radius 1 is 1.24 bits per heavy atom. The van der Waals surface area contributed by atoms with E-state index >= 15 is 0 Å². The zero-order valence-electron chi connectivity index (χ0n) is 22.1. The van der Waals surface area contributed by atoms with E-state index in [1.807, 2.05) is 54.8 Å². The molecule has 9 nitrogen and oxygen atoms in total. The van der Waals surface area contributed by atoms with Gasteiger partial charge in [-0.1, -0.05) is 49.4 Å². The number of rotatable bonds is 11. The molecule has 0 saturated carbocycles. The fourth-order valence-corrected chi connectivity index (χ4v) is 5.29. The van der Waals surface area contributed by atoms with Crippen LogP contribution in [0.4, 0.5) is 4.79 Å². The highest BCUT2D eigenvalue weighted by molar-refractivity contribution is 7.77. The van der Waals surface area contributed by atoms with Crippen molar-refractivity contribution in [2.24, 2.45) is 5.92 Å². The Labute approximate surface area is 230 Å². The van der Waals surface area contributed by atoms with E-state index in [4.69, 9.17) is 14.3 Å². The second kappa shape index (κ2) is 13.7. The Kier molecular flexibility index (Phi) is 10.6. The molecule has 206 valence electrons. The molecule has 0 spiro atoms. The molecule has 4 atom stereocenters. The van der Waals surface area contributed by atoms with Crippen LogP contribution < -0.4 is 15.4 Å². The first-order valence-electron chi connectivity index (χ1n) is 12.6. The minimum absolute atomic E-state index is 0.0818. The van der Waals surface area contributed by atoms with Gasteiger partial charge in [0.2, 0.25) is 5.91 Å². The van der Waals surface area contributed by atoms with Crippen LogP contribution in [0, 0.1) is 5.92 Å². The van der Waals surface area contributed by atoms with Gasteiger partial charge in [0.25, 0.3) is 11.3 Å². The SMILES string of the molecule is CCc1csc([C@H](CC2C=CC(NS(=O)O)=CC2)NC(=O)[C@@H](Cc2ccccc2)NC(=O)OC(C)(C)C)n1. The monoisotopic (exact) mass is 560 g/mol. The summed E-state index contributed by atoms with van der Waals surface area (Å²) in [6.07, 6.45) is 7.23. The normalized spacial score (nSPS) is 17.6. The first kappa shape index (κ1) is 29.5. The molecular formula is C27H36N4O5S2. The third-order valence-corrected chi connectivity index (χ3v) is 7.19. The Morgan fingerprint density at radius 3 is 2.55 bits per heavy atom. The van der Waals surface area contributed by atoms with Crippen molar-refractivity contribution < 1.29 is 23.1 Å². The van der Waals surface area contributed by atoms with Gasteiger partial charge in [0.05, 0.1) is 11.7 Å². The summed E-state index contributed by atoms with van der Waals surface area (Å²) in [5.74, 6) is -0.246. The van der Waals surface area contributed by atoms with Gasteiger partial charge in [-0.05, 0) is 57.6 Å². The van der Waals surface area contributed by atoms with Gasteiger partial charge in [-0.15, -0.1) is 11.3 Å². The summed E-state index contributed by atoms with van der Waals surface area (Å²) in [6, 6.07) is 8.27. The van der Waals surface area contributed by atoms with E-state index in [0.29, 0.717) is 25.0 Å². The molecule has 0 fully saturated rings. The van der Waals surface area contributed by atoms with Crippen LogP contribution >= 0.6 is 11.3 Å². The average molecular weight is 561 g/mol. The van der Waals surface area contributed by atoms with Gasteiger partial charge < -0.3 is 15.4 Å². The highest BCUT2D eigenvalue weighted by Crippen LogP contribution is 2.29. The number of amides is 2. The number of nitrogens with one attached hydrogen (secondary N) is 3. The minimum atomic E-state index is -2.13. The predicted molar refractivity (Wildman–Crippen MR) is 150 cm³/mol. The lowest BCUT2D eigenvalue weighted by atomic mass is 9.92. The number of thiazole rings is 1. The van der Waals surface area contributed by atoms with Crippen molar-refractivity contribution in [2.75, 3.05) is 0 Å². The molecule has 2 amide bonds. The van der Waals surface area contributed by atoms with Crippen LogP contribution in [0.1, 0.15) is 62.8 Å². The molecular weight excluding hydrogens is 524 g/mol. The number of hydrogen-bond acceptors (Lipinski definition) is 6. The minimum Gasteiger partial charge on any atom is -0.444 e. The molecule has 0 bridgehead atoms. The smallest absolute Gasteiger partial charge is 0.408 e. The molecule has 0 radical (unpaired) electrons. The van der Waals surface area contributed by atoms with Crippen LogP contribution in [0.15, 0.2) is 59.6 Å². The number of hydrogen-bond donors (Lipinski definition) is 4. The van der Waals surface area contributed by atoms with Crippen molar-refractivity contribution in [3.05, 3.63) is 75.9 Å². The molecule has 1 aliphatic carbocycles. The van der Waals surface area contributed by atoms with Gasteiger partial charge in [-0.25, -0.2) is 14.0 Å². The molecule has 1 aromatic heterocycles. The lowest BCUT2D eigenvalue weighted by Gasteiger charge is -2.26. The zero-order valence-corrected chi connectivity index (χ0v) is 23.7. The molecule has 0 saturated heterocycles. The van der Waals surface area contributed by atoms with Crippen LogP contribution in [-0.2, 0) is 33.6 Å². The van der Waals surface area contributed by atoms with E-state index < -0.39 is 29.0 Å². The Balaban J connectivity index is 1.78. The van der Waals surface area contributed by atoms with Gasteiger partial charge in [-0.2, -0.15) is 0 Å². The molecule has 2 aromatic rings. The van der Waals surface area contributed by atoms with Crippen LogP contribution in [0.2, 0.25) is 0 Å². The molecule has 3 rings (SSSR count). The lowest BCUT2D eigenvalue weighted by molar-refractivity contribution is -0.124. The van der Waals surface area contributed by atoms with Gasteiger partial charge in [0.1, 0.15) is 16.7 Å². The first-order chi connectivity index (χ1) is 18.0. The summed E-state index contributed by atoms with van der Waals surface area (Å²) in [7, 11) is 0. The second-order valence-electron chi connectivity index (χ2n) is 10.1. The van der Waals surface area contributed by atoms with E-state index in [1.54, 1.807) is 26.8 Å². The van der Waals surface area contributed by atoms with E-state index in [1.165, 1.54) is 11.3 Å². The number of carbonyl (C=O) groups excluding carboxylic acids is 2. The predicted octanol–water partition coefficient (Wildman–Crippen LogP) is 4.58. The van der Waals surface area contributed by atoms with E-state index in [9.17, 15) is 13.8 Å². The molecule has 2 unspecified atom stereocenters. The number of allylic oxidation sites excluding steroid dienone is 3. The van der Waals surface area contributed by atoms with Crippen LogP contribution in [0.5, 0.6) is 0 Å². The maximum absolute atomic E-state index is 13.6. The number of nitrogens with zero attached hydrogens (tertiary/aromatic N) is 1. The van der Waals surface area contributed by atoms with Crippen LogP contribution in [0.25, 0.3) is 0 Å². The molecule has 1 aromatic carbocycles. The molecule has 0 aliphatic heterocycles. The molecule has 1 heterocycles. The van der Waals surface area contributed by atoms with Crippen LogP contribution in [-0.4, -0.2) is 37.4 Å². The van der Waals surface area contributed by atoms with Crippen molar-refractivity contribution >= 4 is 34.6 Å². The fourth-order valence-electron chi connectivity index (χ4n) is 3.97. The first-order valence-corrected chi connectivity index (χ1v) is 14.5. The third-order valence-electron chi connectivity index (χ3n) is 5.77. The standard InChI is InChI=1S/C27H36N4O5S2/c1-5-20-17-37-25(28-20)23(16-19-11-13-21(14-12-19)31-38(34)35)29-24(32)22(15-18-9-7-6-8-10-18)30-26(33)36-27(2,3)4/h6-11,13-14,17,19,22-23,31H,5,12,15-16H2,1-4H3,(H,29,32)(H,30,33)(H,34,35)/t19?,22-,23+/m1/s1. The number of benzene rings is 1. The number of ether oxygens (including phenoxy) is 1. The topological polar surface area (TPSA) is 130 Å². The zero-order chi connectivity index (χ0) is 27.7. The quantitative estimate of drug-likeness (QED) is 0.298. The van der Waals surface area contributed by atoms with Gasteiger partial charge in [0, 0.05) is 17.5 Å². The maximum Gasteiger partial charge on any atom is 0.408 e. The molecule has 1 aliphatic rings. The largest absolute Gasteiger partial charge is 0.444 e. The summed E-state index contributed by atoms with van der Waals surface area (Å²) in [6.45, 7) is 7.34. The summed E-state index contributed by atoms with van der Waals surface area (Å²) in [4.78, 5) is 30.9. The lowest BCUT2D eigenvalue weighted by Crippen LogP contribution is -2.50. The number of aromatic nitrogens is 1. The van der Waals surface area contributed by atoms with Crippen molar-refractivity contribution in [3.8, 4) is 0 Å². The Hall–Kier alpha value is -3.02. The Morgan fingerprint density at radius 2 is 1.97 bits per heavy atom. The summed E-state index contributed by atoms with van der Waals surface area (Å²) < 4.78 is 28.0. The molecule has 4 N–H and O–H groups in total. The average Bonchev–Trinajstić information content (AvgIpc) is 3.33. The van der Waals surface area contributed by atoms with Crippen molar-refractivity contribution in [2.45, 2.75) is 71.1 Å². The maximum atomic E-state index is 13.6. The van der Waals surface area contributed by atoms with E-state index in [0.717, 1.165) is 22.7 Å². The third kappa shape index (κ3) is 9.70. The number of carbonyl (C=O) groups is 2. The summed E-state index contributed by atoms with van der Waals surface area (Å²) in [5.41, 5.74) is 1.74. The van der Waals surface area contributed by atoms with Gasteiger partial charge in [-0.3, -0.25) is 14.1 Å². The van der Waals surface area contributed by atoms with Gasteiger partial charge >= 0.3 is 6.09 Å². The van der Waals surface area contributed by atoms with Crippen LogP contribution in [0.3, 0.4) is 0 Å². The molecule has 38 heavy (non-hydrogen) atoms. The highest BCUT2D eigenvalue weighted by Gasteiger charge is 2.29. The van der Waals surface area contributed by atoms with Crippen molar-refractivity contribution in [3.63, 3.8) is 0 Å². The van der Waals surface area contributed by atoms with Crippen molar-refractivity contribution in [1.82, 2.24) is 20.3 Å². The Bertz CT molecular complexity index is 1170. The van der Waals surface area contributed by atoms with Crippen molar-refractivity contribution in [1.29, 1.82) is 0 Å². The second-order valence-corrected chi connectivity index (χ2v) is 11.7. The van der Waals surface area contributed by atoms with Gasteiger partial charge in [0.15, 0.2) is 0 Å². The fraction of sp³-hybridized carbons (Fsp3) is 0.444.